The Bertz CT molecular complexity index is 432. The first-order valence-electron chi connectivity index (χ1n) is 7.21. The predicted molar refractivity (Wildman–Crippen MR) is 82.1 cm³/mol. The lowest BCUT2D eigenvalue weighted by Gasteiger charge is -2.40. The summed E-state index contributed by atoms with van der Waals surface area (Å²) in [5, 5.41) is 10.6. The van der Waals surface area contributed by atoms with Gasteiger partial charge in [0.1, 0.15) is 0 Å². The van der Waals surface area contributed by atoms with Gasteiger partial charge < -0.3 is 9.84 Å². The molecular formula is C16H24ClNO2. The first kappa shape index (κ1) is 15.8. The van der Waals surface area contributed by atoms with Gasteiger partial charge in [0.2, 0.25) is 0 Å². The van der Waals surface area contributed by atoms with Crippen molar-refractivity contribution in [2.45, 2.75) is 25.8 Å². The maximum absolute atomic E-state index is 9.76. The van der Waals surface area contributed by atoms with Gasteiger partial charge in [-0.2, -0.15) is 0 Å². The van der Waals surface area contributed by atoms with Crippen molar-refractivity contribution in [1.82, 2.24) is 4.90 Å². The quantitative estimate of drug-likeness (QED) is 0.906. The molecule has 1 saturated heterocycles. The van der Waals surface area contributed by atoms with Crippen LogP contribution < -0.4 is 0 Å². The van der Waals surface area contributed by atoms with Crippen molar-refractivity contribution < 1.29 is 9.84 Å². The fourth-order valence-electron chi connectivity index (χ4n) is 2.93. The van der Waals surface area contributed by atoms with Crippen molar-refractivity contribution in [3.05, 3.63) is 34.9 Å². The zero-order valence-corrected chi connectivity index (χ0v) is 13.1. The van der Waals surface area contributed by atoms with Crippen molar-refractivity contribution >= 4 is 11.6 Å². The minimum atomic E-state index is -0.136. The summed E-state index contributed by atoms with van der Waals surface area (Å²) in [6, 6.07) is 8.16. The van der Waals surface area contributed by atoms with Crippen LogP contribution in [0, 0.1) is 5.41 Å². The van der Waals surface area contributed by atoms with Crippen LogP contribution in [0.25, 0.3) is 0 Å². The van der Waals surface area contributed by atoms with E-state index in [9.17, 15) is 5.11 Å². The number of halogens is 1. The van der Waals surface area contributed by atoms with Crippen molar-refractivity contribution in [3.63, 3.8) is 0 Å². The fourth-order valence-corrected chi connectivity index (χ4v) is 3.22. The van der Waals surface area contributed by atoms with E-state index in [1.165, 1.54) is 0 Å². The van der Waals surface area contributed by atoms with E-state index in [4.69, 9.17) is 16.3 Å². The SMILES string of the molecule is CC(c1ccccc1Cl)N(C)CC1(CO)CCCOC1. The van der Waals surface area contributed by atoms with Gasteiger partial charge in [-0.1, -0.05) is 29.8 Å². The molecule has 0 amide bonds. The molecule has 1 heterocycles. The monoisotopic (exact) mass is 297 g/mol. The predicted octanol–water partition coefficient (Wildman–Crippen LogP) is 3.12. The molecule has 20 heavy (non-hydrogen) atoms. The van der Waals surface area contributed by atoms with Gasteiger partial charge in [0.25, 0.3) is 0 Å². The highest BCUT2D eigenvalue weighted by molar-refractivity contribution is 6.31. The molecule has 1 N–H and O–H groups in total. The van der Waals surface area contributed by atoms with E-state index in [2.05, 4.69) is 24.9 Å². The molecular weight excluding hydrogens is 274 g/mol. The van der Waals surface area contributed by atoms with Crippen molar-refractivity contribution in [2.75, 3.05) is 33.4 Å². The molecule has 1 fully saturated rings. The highest BCUT2D eigenvalue weighted by atomic mass is 35.5. The summed E-state index contributed by atoms with van der Waals surface area (Å²) in [6.07, 6.45) is 2.04. The van der Waals surface area contributed by atoms with Gasteiger partial charge >= 0.3 is 0 Å². The Balaban J connectivity index is 2.07. The van der Waals surface area contributed by atoms with Gasteiger partial charge in [0, 0.05) is 29.6 Å². The standard InChI is InChI=1S/C16H24ClNO2/c1-13(14-6-3-4-7-15(14)17)18(2)10-16(11-19)8-5-9-20-12-16/h3-4,6-7,13,19H,5,8-12H2,1-2H3. The zero-order valence-electron chi connectivity index (χ0n) is 12.3. The third kappa shape index (κ3) is 3.53. The van der Waals surface area contributed by atoms with E-state index in [0.717, 1.165) is 36.6 Å². The molecule has 4 heteroatoms. The van der Waals surface area contributed by atoms with Crippen LogP contribution in [0.1, 0.15) is 31.4 Å². The van der Waals surface area contributed by atoms with Gasteiger partial charge in [-0.15, -0.1) is 0 Å². The van der Waals surface area contributed by atoms with Crippen LogP contribution >= 0.6 is 11.6 Å². The smallest absolute Gasteiger partial charge is 0.0556 e. The number of hydrogen-bond acceptors (Lipinski definition) is 3. The molecule has 1 aromatic carbocycles. The molecule has 1 aromatic rings. The maximum atomic E-state index is 9.76. The number of benzene rings is 1. The fraction of sp³-hybridized carbons (Fsp3) is 0.625. The molecule has 1 aliphatic rings. The molecule has 2 atom stereocenters. The van der Waals surface area contributed by atoms with E-state index in [0.29, 0.717) is 6.61 Å². The van der Waals surface area contributed by atoms with Crippen LogP contribution in [0.5, 0.6) is 0 Å². The van der Waals surface area contributed by atoms with Crippen LogP contribution in [0.2, 0.25) is 5.02 Å². The molecule has 3 nitrogen and oxygen atoms in total. The number of aliphatic hydroxyl groups excluding tert-OH is 1. The third-order valence-corrected chi connectivity index (χ3v) is 4.68. The van der Waals surface area contributed by atoms with Crippen LogP contribution in [0.3, 0.4) is 0 Å². The second kappa shape index (κ2) is 6.90. The first-order valence-corrected chi connectivity index (χ1v) is 7.59. The summed E-state index contributed by atoms with van der Waals surface area (Å²) < 4.78 is 5.57. The summed E-state index contributed by atoms with van der Waals surface area (Å²) >= 11 is 6.27. The molecule has 2 unspecified atom stereocenters. The summed E-state index contributed by atoms with van der Waals surface area (Å²) in [5.74, 6) is 0. The second-order valence-corrected chi connectivity index (χ2v) is 6.33. The molecule has 0 saturated carbocycles. The Labute approximate surface area is 126 Å². The lowest BCUT2D eigenvalue weighted by molar-refractivity contribution is -0.0564. The van der Waals surface area contributed by atoms with E-state index in [1.807, 2.05) is 18.2 Å². The lowest BCUT2D eigenvalue weighted by atomic mass is 9.82. The van der Waals surface area contributed by atoms with Gasteiger partial charge in [-0.05, 0) is 38.4 Å². The largest absolute Gasteiger partial charge is 0.396 e. The normalized spacial score (nSPS) is 24.9. The maximum Gasteiger partial charge on any atom is 0.0556 e. The minimum Gasteiger partial charge on any atom is -0.396 e. The number of nitrogens with zero attached hydrogens (tertiary/aromatic N) is 1. The number of ether oxygens (including phenoxy) is 1. The minimum absolute atomic E-state index is 0.136. The third-order valence-electron chi connectivity index (χ3n) is 4.34. The topological polar surface area (TPSA) is 32.7 Å². The van der Waals surface area contributed by atoms with E-state index in [1.54, 1.807) is 0 Å². The average molecular weight is 298 g/mol. The van der Waals surface area contributed by atoms with E-state index >= 15 is 0 Å². The highest BCUT2D eigenvalue weighted by Crippen LogP contribution is 2.33. The molecule has 0 spiro atoms. The van der Waals surface area contributed by atoms with Crippen molar-refractivity contribution in [1.29, 1.82) is 0 Å². The van der Waals surface area contributed by atoms with Crippen LogP contribution in [0.4, 0.5) is 0 Å². The number of aliphatic hydroxyl groups is 1. The molecule has 0 aromatic heterocycles. The Morgan fingerprint density at radius 1 is 1.45 bits per heavy atom. The molecule has 112 valence electrons. The van der Waals surface area contributed by atoms with Gasteiger partial charge in [0.05, 0.1) is 13.2 Å². The van der Waals surface area contributed by atoms with E-state index in [-0.39, 0.29) is 18.1 Å². The summed E-state index contributed by atoms with van der Waals surface area (Å²) in [5.41, 5.74) is 0.990. The molecule has 0 radical (unpaired) electrons. The Morgan fingerprint density at radius 2 is 2.20 bits per heavy atom. The number of hydrogen-bond donors (Lipinski definition) is 1. The molecule has 0 bridgehead atoms. The Hall–Kier alpha value is -0.610. The summed E-state index contributed by atoms with van der Waals surface area (Å²) in [4.78, 5) is 2.26. The van der Waals surface area contributed by atoms with E-state index < -0.39 is 0 Å². The summed E-state index contributed by atoms with van der Waals surface area (Å²) in [7, 11) is 2.08. The van der Waals surface area contributed by atoms with Crippen molar-refractivity contribution in [2.24, 2.45) is 5.41 Å². The highest BCUT2D eigenvalue weighted by Gasteiger charge is 2.34. The van der Waals surface area contributed by atoms with Crippen LogP contribution in [-0.2, 0) is 4.74 Å². The lowest BCUT2D eigenvalue weighted by Crippen LogP contribution is -2.45. The van der Waals surface area contributed by atoms with Crippen molar-refractivity contribution in [3.8, 4) is 0 Å². The molecule has 1 aliphatic heterocycles. The summed E-state index contributed by atoms with van der Waals surface area (Å²) in [6.45, 7) is 4.59. The molecule has 2 rings (SSSR count). The number of rotatable bonds is 5. The second-order valence-electron chi connectivity index (χ2n) is 5.93. The Morgan fingerprint density at radius 3 is 2.80 bits per heavy atom. The molecule has 0 aliphatic carbocycles. The van der Waals surface area contributed by atoms with Gasteiger partial charge in [0.15, 0.2) is 0 Å². The average Bonchev–Trinajstić information content (AvgIpc) is 2.48. The zero-order chi connectivity index (χ0) is 14.6. The first-order chi connectivity index (χ1) is 9.58. The van der Waals surface area contributed by atoms with Crippen LogP contribution in [0.15, 0.2) is 24.3 Å². The Kier molecular flexibility index (Phi) is 5.44. The van der Waals surface area contributed by atoms with Gasteiger partial charge in [-0.3, -0.25) is 4.90 Å². The van der Waals surface area contributed by atoms with Crippen LogP contribution in [-0.4, -0.2) is 43.4 Å². The van der Waals surface area contributed by atoms with Gasteiger partial charge in [-0.25, -0.2) is 0 Å².